The zero-order chi connectivity index (χ0) is 12.1. The van der Waals surface area contributed by atoms with Gasteiger partial charge in [-0.15, -0.1) is 5.10 Å². The Kier molecular flexibility index (Phi) is 4.61. The Morgan fingerprint density at radius 1 is 1.38 bits per heavy atom. The first-order valence-electron chi connectivity index (χ1n) is 5.34. The highest BCUT2D eigenvalue weighted by Gasteiger charge is 2.14. The number of hydrogen-bond donors (Lipinski definition) is 1. The van der Waals surface area contributed by atoms with Gasteiger partial charge in [-0.2, -0.15) is 5.10 Å². The van der Waals surface area contributed by atoms with Gasteiger partial charge in [-0.05, 0) is 25.8 Å². The Hall–Kier alpha value is -1.23. The lowest BCUT2D eigenvalue weighted by Crippen LogP contribution is -2.16. The Balaban J connectivity index is 2.99. The van der Waals surface area contributed by atoms with Crippen molar-refractivity contribution in [1.82, 2.24) is 10.2 Å². The third kappa shape index (κ3) is 2.88. The van der Waals surface area contributed by atoms with Crippen molar-refractivity contribution in [2.24, 2.45) is 5.73 Å². The van der Waals surface area contributed by atoms with Gasteiger partial charge in [0.2, 0.25) is 5.88 Å². The number of nitrogens with zero attached hydrogens (tertiary/aromatic N) is 2. The third-order valence-electron chi connectivity index (χ3n) is 2.41. The largest absolute Gasteiger partial charge is 0.476 e. The normalized spacial score (nSPS) is 10.2. The molecule has 0 amide bonds. The molecule has 0 radical (unpaired) electrons. The fourth-order valence-electron chi connectivity index (χ4n) is 1.29. The first kappa shape index (κ1) is 12.8. The molecule has 0 aliphatic rings. The van der Waals surface area contributed by atoms with Crippen molar-refractivity contribution in [2.75, 3.05) is 6.61 Å². The second-order valence-electron chi connectivity index (χ2n) is 3.66. The minimum atomic E-state index is 0.307. The van der Waals surface area contributed by atoms with Crippen molar-refractivity contribution in [3.8, 4) is 5.88 Å². The van der Waals surface area contributed by atoms with E-state index < -0.39 is 0 Å². The highest BCUT2D eigenvalue weighted by molar-refractivity contribution is 7.80. The predicted molar refractivity (Wildman–Crippen MR) is 67.8 cm³/mol. The van der Waals surface area contributed by atoms with E-state index in [-0.39, 0.29) is 0 Å². The van der Waals surface area contributed by atoms with Crippen LogP contribution in [-0.4, -0.2) is 21.8 Å². The van der Waals surface area contributed by atoms with Crippen LogP contribution in [0.15, 0.2) is 0 Å². The fraction of sp³-hybridized carbons (Fsp3) is 0.545. The van der Waals surface area contributed by atoms with Crippen LogP contribution in [0.3, 0.4) is 0 Å². The average molecular weight is 239 g/mol. The van der Waals surface area contributed by atoms with E-state index in [2.05, 4.69) is 17.1 Å². The van der Waals surface area contributed by atoms with Crippen LogP contribution < -0.4 is 10.5 Å². The first-order valence-corrected chi connectivity index (χ1v) is 5.75. The SMILES string of the molecule is CCCCOc1nnc(C)c(C)c1C(N)=S. The molecule has 2 N–H and O–H groups in total. The summed E-state index contributed by atoms with van der Waals surface area (Å²) in [6.07, 6.45) is 2.05. The molecule has 0 atom stereocenters. The van der Waals surface area contributed by atoms with Crippen LogP contribution in [0, 0.1) is 13.8 Å². The highest BCUT2D eigenvalue weighted by atomic mass is 32.1. The lowest BCUT2D eigenvalue weighted by molar-refractivity contribution is 0.293. The summed E-state index contributed by atoms with van der Waals surface area (Å²) in [5.41, 5.74) is 8.14. The second kappa shape index (κ2) is 5.75. The van der Waals surface area contributed by atoms with Gasteiger partial charge in [-0.1, -0.05) is 25.6 Å². The number of thiocarbonyl (C=S) groups is 1. The summed E-state index contributed by atoms with van der Waals surface area (Å²) >= 11 is 5.01. The molecule has 1 rings (SSSR count). The van der Waals surface area contributed by atoms with Crippen molar-refractivity contribution >= 4 is 17.2 Å². The molecular weight excluding hydrogens is 222 g/mol. The summed E-state index contributed by atoms with van der Waals surface area (Å²) in [7, 11) is 0. The molecule has 0 saturated carbocycles. The van der Waals surface area contributed by atoms with Gasteiger partial charge in [-0.3, -0.25) is 0 Å². The molecule has 5 heteroatoms. The Bertz CT molecular complexity index is 393. The number of aromatic nitrogens is 2. The monoisotopic (exact) mass is 239 g/mol. The van der Waals surface area contributed by atoms with Crippen molar-refractivity contribution in [3.05, 3.63) is 16.8 Å². The van der Waals surface area contributed by atoms with Crippen molar-refractivity contribution in [1.29, 1.82) is 0 Å². The van der Waals surface area contributed by atoms with Crippen molar-refractivity contribution in [3.63, 3.8) is 0 Å². The number of hydrogen-bond acceptors (Lipinski definition) is 4. The summed E-state index contributed by atoms with van der Waals surface area (Å²) in [5.74, 6) is 0.448. The predicted octanol–water partition coefficient (Wildman–Crippen LogP) is 1.91. The number of aryl methyl sites for hydroxylation is 1. The maximum absolute atomic E-state index is 5.67. The van der Waals surface area contributed by atoms with Gasteiger partial charge in [-0.25, -0.2) is 0 Å². The summed E-state index contributed by atoms with van der Waals surface area (Å²) in [6, 6.07) is 0. The van der Waals surface area contributed by atoms with Gasteiger partial charge >= 0.3 is 0 Å². The molecule has 88 valence electrons. The quantitative estimate of drug-likeness (QED) is 0.628. The van der Waals surface area contributed by atoms with E-state index in [9.17, 15) is 0 Å². The van der Waals surface area contributed by atoms with Crippen molar-refractivity contribution < 1.29 is 4.74 Å². The molecule has 0 spiro atoms. The summed E-state index contributed by atoms with van der Waals surface area (Å²) in [4.78, 5) is 0.307. The molecule has 0 unspecified atom stereocenters. The second-order valence-corrected chi connectivity index (χ2v) is 4.10. The van der Waals surface area contributed by atoms with Crippen LogP contribution in [0.5, 0.6) is 5.88 Å². The van der Waals surface area contributed by atoms with Gasteiger partial charge < -0.3 is 10.5 Å². The van der Waals surface area contributed by atoms with E-state index in [1.165, 1.54) is 0 Å². The third-order valence-corrected chi connectivity index (χ3v) is 2.61. The van der Waals surface area contributed by atoms with Crippen LogP contribution >= 0.6 is 12.2 Å². The van der Waals surface area contributed by atoms with Gasteiger partial charge in [0.15, 0.2) is 0 Å². The van der Waals surface area contributed by atoms with E-state index in [1.807, 2.05) is 13.8 Å². The lowest BCUT2D eigenvalue weighted by Gasteiger charge is -2.11. The van der Waals surface area contributed by atoms with Gasteiger partial charge in [0.05, 0.1) is 17.9 Å². The zero-order valence-corrected chi connectivity index (χ0v) is 10.7. The van der Waals surface area contributed by atoms with E-state index in [1.54, 1.807) is 0 Å². The molecule has 1 heterocycles. The van der Waals surface area contributed by atoms with Gasteiger partial charge in [0.1, 0.15) is 4.99 Å². The highest BCUT2D eigenvalue weighted by Crippen LogP contribution is 2.20. The van der Waals surface area contributed by atoms with Crippen molar-refractivity contribution in [2.45, 2.75) is 33.6 Å². The summed E-state index contributed by atoms with van der Waals surface area (Å²) in [5, 5.41) is 8.00. The molecule has 0 aliphatic carbocycles. The molecule has 1 aromatic rings. The number of ether oxygens (including phenoxy) is 1. The van der Waals surface area contributed by atoms with E-state index in [0.717, 1.165) is 24.1 Å². The van der Waals surface area contributed by atoms with E-state index in [4.69, 9.17) is 22.7 Å². The van der Waals surface area contributed by atoms with Gasteiger partial charge in [0, 0.05) is 0 Å². The summed E-state index contributed by atoms with van der Waals surface area (Å²) in [6.45, 7) is 6.51. The molecular formula is C11H17N3OS. The van der Waals surface area contributed by atoms with E-state index >= 15 is 0 Å². The number of rotatable bonds is 5. The fourth-order valence-corrected chi connectivity index (χ4v) is 1.53. The Morgan fingerprint density at radius 3 is 2.62 bits per heavy atom. The standard InChI is InChI=1S/C11H17N3OS/c1-4-5-6-15-11-9(10(12)16)7(2)8(3)13-14-11/h4-6H2,1-3H3,(H2,12,16). The number of nitrogens with two attached hydrogens (primary N) is 1. The Morgan fingerprint density at radius 2 is 2.06 bits per heavy atom. The molecule has 0 aliphatic heterocycles. The van der Waals surface area contributed by atoms with Crippen LogP contribution in [0.4, 0.5) is 0 Å². The van der Waals surface area contributed by atoms with Crippen LogP contribution in [0.25, 0.3) is 0 Å². The molecule has 0 bridgehead atoms. The molecule has 1 aromatic heterocycles. The van der Waals surface area contributed by atoms with Crippen LogP contribution in [0.1, 0.15) is 36.6 Å². The summed E-state index contributed by atoms with van der Waals surface area (Å²) < 4.78 is 5.53. The number of unbranched alkanes of at least 4 members (excludes halogenated alkanes) is 1. The molecule has 0 fully saturated rings. The Labute approximate surface area is 101 Å². The average Bonchev–Trinajstić information content (AvgIpc) is 2.23. The minimum absolute atomic E-state index is 0.307. The van der Waals surface area contributed by atoms with E-state index in [0.29, 0.717) is 23.0 Å². The zero-order valence-electron chi connectivity index (χ0n) is 9.91. The van der Waals surface area contributed by atoms with Crippen LogP contribution in [0.2, 0.25) is 0 Å². The minimum Gasteiger partial charge on any atom is -0.476 e. The molecule has 4 nitrogen and oxygen atoms in total. The molecule has 0 aromatic carbocycles. The first-order chi connectivity index (χ1) is 7.57. The topological polar surface area (TPSA) is 61.0 Å². The smallest absolute Gasteiger partial charge is 0.244 e. The molecule has 16 heavy (non-hydrogen) atoms. The maximum atomic E-state index is 5.67. The molecule has 0 saturated heterocycles. The maximum Gasteiger partial charge on any atom is 0.244 e. The van der Waals surface area contributed by atoms with Gasteiger partial charge in [0.25, 0.3) is 0 Å². The van der Waals surface area contributed by atoms with Crippen LogP contribution in [-0.2, 0) is 0 Å². The lowest BCUT2D eigenvalue weighted by atomic mass is 10.1.